The summed E-state index contributed by atoms with van der Waals surface area (Å²) < 4.78 is 38.6. The summed E-state index contributed by atoms with van der Waals surface area (Å²) >= 11 is 0. The van der Waals surface area contributed by atoms with E-state index in [2.05, 4.69) is 10.6 Å². The Morgan fingerprint density at radius 2 is 1.91 bits per heavy atom. The summed E-state index contributed by atoms with van der Waals surface area (Å²) in [5.41, 5.74) is -0.598. The van der Waals surface area contributed by atoms with Gasteiger partial charge < -0.3 is 15.7 Å². The Morgan fingerprint density at radius 1 is 1.26 bits per heavy atom. The van der Waals surface area contributed by atoms with E-state index in [1.165, 1.54) is 19.1 Å². The fourth-order valence-corrected chi connectivity index (χ4v) is 2.91. The number of halogens is 3. The lowest BCUT2D eigenvalue weighted by molar-refractivity contribution is -0.138. The van der Waals surface area contributed by atoms with Gasteiger partial charge in [-0.05, 0) is 56.2 Å². The molecule has 0 aromatic heterocycles. The van der Waals surface area contributed by atoms with Crippen molar-refractivity contribution in [3.8, 4) is 0 Å². The summed E-state index contributed by atoms with van der Waals surface area (Å²) in [5, 5.41) is 14.4. The lowest BCUT2D eigenvalue weighted by Crippen LogP contribution is -2.40. The van der Waals surface area contributed by atoms with Crippen molar-refractivity contribution < 1.29 is 23.1 Å². The number of anilines is 1. The number of urea groups is 1. The highest BCUT2D eigenvalue weighted by Gasteiger charge is 2.33. The van der Waals surface area contributed by atoms with Gasteiger partial charge in [-0.15, -0.1) is 0 Å². The van der Waals surface area contributed by atoms with Crippen molar-refractivity contribution in [2.45, 2.75) is 44.8 Å². The van der Waals surface area contributed by atoms with Gasteiger partial charge in [0.25, 0.3) is 0 Å². The highest BCUT2D eigenvalue weighted by molar-refractivity contribution is 5.90. The first kappa shape index (κ1) is 17.6. The van der Waals surface area contributed by atoms with Crippen molar-refractivity contribution in [1.29, 1.82) is 0 Å². The van der Waals surface area contributed by atoms with E-state index < -0.39 is 17.8 Å². The zero-order valence-electron chi connectivity index (χ0n) is 12.9. The molecule has 3 N–H and O–H groups in total. The Morgan fingerprint density at radius 3 is 2.48 bits per heavy atom. The minimum Gasteiger partial charge on any atom is -0.396 e. The summed E-state index contributed by atoms with van der Waals surface area (Å²) in [4.78, 5) is 12.0. The summed E-state index contributed by atoms with van der Waals surface area (Å²) in [5.74, 6) is 0.279. The molecule has 0 heterocycles. The number of aliphatic hydroxyl groups excluding tert-OH is 1. The predicted octanol–water partition coefficient (Wildman–Crippen LogP) is 3.69. The van der Waals surface area contributed by atoms with E-state index >= 15 is 0 Å². The van der Waals surface area contributed by atoms with E-state index in [1.807, 2.05) is 0 Å². The molecule has 1 fully saturated rings. The summed E-state index contributed by atoms with van der Waals surface area (Å²) in [6.45, 7) is 1.49. The van der Waals surface area contributed by atoms with E-state index in [0.717, 1.165) is 31.7 Å². The molecule has 1 saturated carbocycles. The number of benzene rings is 1. The SMILES string of the molecule is Cc1c(NC(=O)NC2CCC(CO)CC2)cccc1C(F)(F)F. The molecule has 1 aromatic rings. The van der Waals surface area contributed by atoms with Crippen molar-refractivity contribution in [2.75, 3.05) is 11.9 Å². The zero-order valence-corrected chi connectivity index (χ0v) is 12.9. The topological polar surface area (TPSA) is 61.4 Å². The maximum absolute atomic E-state index is 12.9. The van der Waals surface area contributed by atoms with Gasteiger partial charge in [-0.25, -0.2) is 4.79 Å². The molecule has 2 amide bonds. The van der Waals surface area contributed by atoms with Crippen LogP contribution in [-0.4, -0.2) is 23.8 Å². The second kappa shape index (κ2) is 7.21. The van der Waals surface area contributed by atoms with Gasteiger partial charge in [0.05, 0.1) is 5.56 Å². The van der Waals surface area contributed by atoms with E-state index in [0.29, 0.717) is 0 Å². The smallest absolute Gasteiger partial charge is 0.396 e. The standard InChI is InChI=1S/C16H21F3N2O2/c1-10-13(16(17,18)19)3-2-4-14(10)21-15(23)20-12-7-5-11(9-22)6-8-12/h2-4,11-12,22H,5-9H2,1H3,(H2,20,21,23). The van der Waals surface area contributed by atoms with Crippen LogP contribution in [-0.2, 0) is 6.18 Å². The highest BCUT2D eigenvalue weighted by atomic mass is 19.4. The minimum atomic E-state index is -4.44. The zero-order chi connectivity index (χ0) is 17.0. The summed E-state index contributed by atoms with van der Waals surface area (Å²) in [6.07, 6.45) is -1.24. The monoisotopic (exact) mass is 330 g/mol. The van der Waals surface area contributed by atoms with Crippen molar-refractivity contribution in [1.82, 2.24) is 5.32 Å². The maximum Gasteiger partial charge on any atom is 0.416 e. The largest absolute Gasteiger partial charge is 0.416 e. The molecule has 1 aliphatic carbocycles. The van der Waals surface area contributed by atoms with E-state index in [4.69, 9.17) is 5.11 Å². The summed E-state index contributed by atoms with van der Waals surface area (Å²) in [7, 11) is 0. The number of hydrogen-bond donors (Lipinski definition) is 3. The first-order chi connectivity index (χ1) is 10.8. The number of rotatable bonds is 3. The molecule has 128 valence electrons. The lowest BCUT2D eigenvalue weighted by Gasteiger charge is -2.28. The number of alkyl halides is 3. The van der Waals surface area contributed by atoms with Crippen LogP contribution in [0.2, 0.25) is 0 Å². The first-order valence-corrected chi connectivity index (χ1v) is 7.66. The molecule has 1 aromatic carbocycles. The summed E-state index contributed by atoms with van der Waals surface area (Å²) in [6, 6.07) is 3.21. The molecule has 4 nitrogen and oxygen atoms in total. The number of carbonyl (C=O) groups is 1. The molecule has 0 spiro atoms. The number of nitrogens with one attached hydrogen (secondary N) is 2. The van der Waals surface area contributed by atoms with Gasteiger partial charge in [-0.2, -0.15) is 13.2 Å². The second-order valence-corrected chi connectivity index (χ2v) is 5.97. The van der Waals surface area contributed by atoms with Crippen LogP contribution >= 0.6 is 0 Å². The average molecular weight is 330 g/mol. The van der Waals surface area contributed by atoms with Crippen LogP contribution in [0.4, 0.5) is 23.7 Å². The van der Waals surface area contributed by atoms with Crippen LogP contribution in [0, 0.1) is 12.8 Å². The third-order valence-corrected chi connectivity index (χ3v) is 4.33. The lowest BCUT2D eigenvalue weighted by atomic mass is 9.87. The van der Waals surface area contributed by atoms with Crippen LogP contribution < -0.4 is 10.6 Å². The first-order valence-electron chi connectivity index (χ1n) is 7.66. The Hall–Kier alpha value is -1.76. The van der Waals surface area contributed by atoms with Gasteiger partial charge in [-0.1, -0.05) is 6.07 Å². The van der Waals surface area contributed by atoms with E-state index in [9.17, 15) is 18.0 Å². The van der Waals surface area contributed by atoms with Crippen LogP contribution in [0.25, 0.3) is 0 Å². The average Bonchev–Trinajstić information content (AvgIpc) is 2.49. The molecule has 0 atom stereocenters. The van der Waals surface area contributed by atoms with Crippen LogP contribution in [0.15, 0.2) is 18.2 Å². The van der Waals surface area contributed by atoms with Crippen molar-refractivity contribution in [3.63, 3.8) is 0 Å². The molecule has 0 bridgehead atoms. The molecule has 1 aliphatic rings. The van der Waals surface area contributed by atoms with Crippen LogP contribution in [0.3, 0.4) is 0 Å². The Labute approximate surface area is 133 Å². The van der Waals surface area contributed by atoms with Gasteiger partial charge in [0.2, 0.25) is 0 Å². The van der Waals surface area contributed by atoms with E-state index in [1.54, 1.807) is 0 Å². The third-order valence-electron chi connectivity index (χ3n) is 4.33. The minimum absolute atomic E-state index is 0.000798. The molecular weight excluding hydrogens is 309 g/mol. The van der Waals surface area contributed by atoms with Gasteiger partial charge in [0.15, 0.2) is 0 Å². The number of aliphatic hydroxyl groups is 1. The quantitative estimate of drug-likeness (QED) is 0.791. The van der Waals surface area contributed by atoms with Crippen molar-refractivity contribution >= 4 is 11.7 Å². The van der Waals surface area contributed by atoms with E-state index in [-0.39, 0.29) is 29.8 Å². The molecule has 23 heavy (non-hydrogen) atoms. The molecule has 7 heteroatoms. The normalized spacial score (nSPS) is 21.8. The number of carbonyl (C=O) groups excluding carboxylic acids is 1. The van der Waals surface area contributed by atoms with Crippen LogP contribution in [0.5, 0.6) is 0 Å². The Balaban J connectivity index is 1.96. The fourth-order valence-electron chi connectivity index (χ4n) is 2.91. The molecule has 0 radical (unpaired) electrons. The van der Waals surface area contributed by atoms with Crippen molar-refractivity contribution in [3.05, 3.63) is 29.3 Å². The number of hydrogen-bond acceptors (Lipinski definition) is 2. The predicted molar refractivity (Wildman–Crippen MR) is 81.2 cm³/mol. The van der Waals surface area contributed by atoms with Crippen LogP contribution in [0.1, 0.15) is 36.8 Å². The number of amides is 2. The third kappa shape index (κ3) is 4.60. The molecular formula is C16H21F3N2O2. The maximum atomic E-state index is 12.9. The molecule has 2 rings (SSSR count). The Bertz CT molecular complexity index is 553. The Kier molecular flexibility index (Phi) is 5.51. The van der Waals surface area contributed by atoms with Gasteiger partial charge in [-0.3, -0.25) is 0 Å². The molecule has 0 aliphatic heterocycles. The van der Waals surface area contributed by atoms with Gasteiger partial charge >= 0.3 is 12.2 Å². The second-order valence-electron chi connectivity index (χ2n) is 5.97. The molecule has 0 saturated heterocycles. The fraction of sp³-hybridized carbons (Fsp3) is 0.562. The van der Waals surface area contributed by atoms with Gasteiger partial charge in [0.1, 0.15) is 0 Å². The molecule has 0 unspecified atom stereocenters. The van der Waals surface area contributed by atoms with Crippen molar-refractivity contribution in [2.24, 2.45) is 5.92 Å². The highest BCUT2D eigenvalue weighted by Crippen LogP contribution is 2.34. The van der Waals surface area contributed by atoms with Gasteiger partial charge in [0, 0.05) is 18.3 Å².